The lowest BCUT2D eigenvalue weighted by Gasteiger charge is -2.37. The summed E-state index contributed by atoms with van der Waals surface area (Å²) in [5.41, 5.74) is 2.50. The molecular weight excluding hydrogens is 528 g/mol. The van der Waals surface area contributed by atoms with Gasteiger partial charge in [-0.3, -0.25) is 14.4 Å². The first-order chi connectivity index (χ1) is 20.5. The van der Waals surface area contributed by atoms with Crippen molar-refractivity contribution in [3.05, 3.63) is 125 Å². The highest BCUT2D eigenvalue weighted by atomic mass is 16.5. The van der Waals surface area contributed by atoms with E-state index in [1.54, 1.807) is 30.3 Å². The van der Waals surface area contributed by atoms with Crippen molar-refractivity contribution in [1.82, 2.24) is 0 Å². The highest BCUT2D eigenvalue weighted by molar-refractivity contribution is 6.18. The molecule has 7 heteroatoms. The molecule has 7 rings (SSSR count). The smallest absolute Gasteiger partial charge is 0.238 e. The molecule has 0 aliphatic carbocycles. The summed E-state index contributed by atoms with van der Waals surface area (Å²) in [7, 11) is 3.04. The molecule has 0 bridgehead atoms. The molecule has 4 atom stereocenters. The molecular formula is C35H28N2O5. The van der Waals surface area contributed by atoms with Crippen molar-refractivity contribution in [3.8, 4) is 11.5 Å². The van der Waals surface area contributed by atoms with Crippen molar-refractivity contribution in [1.29, 1.82) is 0 Å². The van der Waals surface area contributed by atoms with Crippen LogP contribution in [0, 0.1) is 5.92 Å². The summed E-state index contributed by atoms with van der Waals surface area (Å²) in [5, 5.41) is 3.06. The van der Waals surface area contributed by atoms with Crippen LogP contribution in [0.1, 0.15) is 31.8 Å². The van der Waals surface area contributed by atoms with Crippen molar-refractivity contribution in [2.45, 2.75) is 17.5 Å². The van der Waals surface area contributed by atoms with Crippen LogP contribution in [0.2, 0.25) is 0 Å². The number of carbonyl (C=O) groups is 3. The fourth-order valence-corrected chi connectivity index (χ4v) is 7.06. The third-order valence-corrected chi connectivity index (χ3v) is 8.82. The summed E-state index contributed by atoms with van der Waals surface area (Å²) >= 11 is 0. The van der Waals surface area contributed by atoms with Crippen molar-refractivity contribution in [2.24, 2.45) is 5.92 Å². The number of fused-ring (bicyclic) bond motifs is 6. The van der Waals surface area contributed by atoms with Gasteiger partial charge in [0.25, 0.3) is 0 Å². The first-order valence-corrected chi connectivity index (χ1v) is 13.8. The number of hydrogen-bond acceptors (Lipinski definition) is 6. The normalized spacial score (nSPS) is 23.1. The van der Waals surface area contributed by atoms with E-state index in [0.29, 0.717) is 33.9 Å². The lowest BCUT2D eigenvalue weighted by molar-refractivity contribution is -0.121. The van der Waals surface area contributed by atoms with Crippen LogP contribution >= 0.6 is 0 Å². The Kier molecular flexibility index (Phi) is 5.97. The Hall–Kier alpha value is -5.17. The van der Waals surface area contributed by atoms with Crippen LogP contribution in [0.3, 0.4) is 0 Å². The number of anilines is 2. The molecule has 1 saturated heterocycles. The van der Waals surface area contributed by atoms with Gasteiger partial charge in [-0.1, -0.05) is 78.9 Å². The maximum atomic E-state index is 15.0. The third-order valence-electron chi connectivity index (χ3n) is 8.82. The van der Waals surface area contributed by atoms with Gasteiger partial charge in [0, 0.05) is 22.5 Å². The lowest BCUT2D eigenvalue weighted by atomic mass is 9.64. The number of benzene rings is 4. The molecule has 0 aromatic heterocycles. The molecule has 4 aromatic rings. The topological polar surface area (TPSA) is 84.9 Å². The quantitative estimate of drug-likeness (QED) is 0.313. The van der Waals surface area contributed by atoms with E-state index >= 15 is 0 Å². The van der Waals surface area contributed by atoms with Gasteiger partial charge in [0.15, 0.2) is 23.1 Å². The second-order valence-electron chi connectivity index (χ2n) is 10.7. The van der Waals surface area contributed by atoms with Crippen LogP contribution in [0.5, 0.6) is 11.5 Å². The van der Waals surface area contributed by atoms with E-state index in [1.165, 1.54) is 14.2 Å². The van der Waals surface area contributed by atoms with Gasteiger partial charge in [0.2, 0.25) is 5.91 Å². The number of ether oxygens (including phenoxy) is 2. The second-order valence-corrected chi connectivity index (χ2v) is 10.7. The van der Waals surface area contributed by atoms with Crippen LogP contribution in [-0.2, 0) is 10.2 Å². The molecule has 3 aliphatic heterocycles. The highest BCUT2D eigenvalue weighted by Gasteiger charge is 2.70. The van der Waals surface area contributed by atoms with E-state index in [4.69, 9.17) is 9.47 Å². The number of nitrogens with zero attached hydrogens (tertiary/aromatic N) is 1. The zero-order valence-corrected chi connectivity index (χ0v) is 23.1. The summed E-state index contributed by atoms with van der Waals surface area (Å²) in [6, 6.07) is 27.6. The predicted molar refractivity (Wildman–Crippen MR) is 160 cm³/mol. The summed E-state index contributed by atoms with van der Waals surface area (Å²) in [4.78, 5) is 46.0. The average Bonchev–Trinajstić information content (AvgIpc) is 3.52. The molecule has 1 fully saturated rings. The molecule has 0 saturated carbocycles. The zero-order valence-electron chi connectivity index (χ0n) is 23.1. The lowest BCUT2D eigenvalue weighted by Crippen LogP contribution is -2.51. The van der Waals surface area contributed by atoms with Crippen LogP contribution in [0.4, 0.5) is 11.4 Å². The molecule has 0 radical (unpaired) electrons. The number of methoxy groups -OCH3 is 2. The van der Waals surface area contributed by atoms with Gasteiger partial charge < -0.3 is 19.7 Å². The third kappa shape index (κ3) is 3.49. The van der Waals surface area contributed by atoms with Crippen LogP contribution < -0.4 is 19.7 Å². The molecule has 1 amide bonds. The Labute approximate surface area is 243 Å². The van der Waals surface area contributed by atoms with E-state index in [0.717, 1.165) is 11.3 Å². The fourth-order valence-electron chi connectivity index (χ4n) is 7.06. The Bertz CT molecular complexity index is 1780. The number of carbonyl (C=O) groups excluding carboxylic acids is 3. The largest absolute Gasteiger partial charge is 0.493 e. The molecule has 3 aliphatic rings. The number of Topliss-reactive ketones (excluding diaryl/α,β-unsaturated/α-hetero) is 2. The molecule has 4 aromatic carbocycles. The zero-order chi connectivity index (χ0) is 29.0. The van der Waals surface area contributed by atoms with E-state index in [9.17, 15) is 14.4 Å². The molecule has 42 heavy (non-hydrogen) atoms. The van der Waals surface area contributed by atoms with Gasteiger partial charge in [0.05, 0.1) is 26.2 Å². The van der Waals surface area contributed by atoms with Gasteiger partial charge in [-0.25, -0.2) is 0 Å². The SMILES string of the molecule is COc1ccc(C(=O)[C@@H]2[C@H](C(=O)c3ccccc3)N3c4ccccc4C=CC3[C@@]23C(=O)Nc2ccccc23)cc1OC. The standard InChI is InChI=1S/C35H28N2O5/c1-41-27-18-16-23(20-28(27)42-2)32(38)30-31(33(39)22-11-4-3-5-12-22)37-26-15-9-6-10-21(26)17-19-29(37)35(30)24-13-7-8-14-25(24)36-34(35)40/h3-20,29-31H,1-2H3,(H,36,40)/t29?,30-,31+,35+/m0/s1. The number of nitrogens with one attached hydrogen (secondary N) is 1. The molecule has 3 heterocycles. The van der Waals surface area contributed by atoms with Gasteiger partial charge in [0.1, 0.15) is 11.5 Å². The van der Waals surface area contributed by atoms with Crippen molar-refractivity contribution >= 4 is 34.9 Å². The summed E-state index contributed by atoms with van der Waals surface area (Å²) in [5.74, 6) is -1.04. The maximum absolute atomic E-state index is 15.0. The van der Waals surface area contributed by atoms with Gasteiger partial charge in [-0.2, -0.15) is 0 Å². The molecule has 1 spiro atoms. The minimum Gasteiger partial charge on any atom is -0.493 e. The predicted octanol–water partition coefficient (Wildman–Crippen LogP) is 5.56. The highest BCUT2D eigenvalue weighted by Crippen LogP contribution is 2.58. The number of para-hydroxylation sites is 2. The summed E-state index contributed by atoms with van der Waals surface area (Å²) < 4.78 is 10.9. The van der Waals surface area contributed by atoms with Gasteiger partial charge in [-0.05, 0) is 41.5 Å². The Balaban J connectivity index is 1.53. The Morgan fingerprint density at radius 1 is 0.786 bits per heavy atom. The maximum Gasteiger partial charge on any atom is 0.238 e. The van der Waals surface area contributed by atoms with Crippen molar-refractivity contribution in [2.75, 3.05) is 24.4 Å². The minimum absolute atomic E-state index is 0.224. The molecule has 1 unspecified atom stereocenters. The number of rotatable bonds is 6. The monoisotopic (exact) mass is 556 g/mol. The summed E-state index contributed by atoms with van der Waals surface area (Å²) in [6.45, 7) is 0. The average molecular weight is 557 g/mol. The van der Waals surface area contributed by atoms with Crippen molar-refractivity contribution < 1.29 is 23.9 Å². The molecule has 1 N–H and O–H groups in total. The van der Waals surface area contributed by atoms with Crippen molar-refractivity contribution in [3.63, 3.8) is 0 Å². The van der Waals surface area contributed by atoms with Gasteiger partial charge in [-0.15, -0.1) is 0 Å². The van der Waals surface area contributed by atoms with Crippen LogP contribution in [0.25, 0.3) is 6.08 Å². The fraction of sp³-hybridized carbons (Fsp3) is 0.171. The van der Waals surface area contributed by atoms with Gasteiger partial charge >= 0.3 is 0 Å². The van der Waals surface area contributed by atoms with E-state index in [-0.39, 0.29) is 17.5 Å². The Morgan fingerprint density at radius 3 is 2.29 bits per heavy atom. The number of hydrogen-bond donors (Lipinski definition) is 1. The molecule has 7 nitrogen and oxygen atoms in total. The van der Waals surface area contributed by atoms with E-state index < -0.39 is 23.4 Å². The molecule has 208 valence electrons. The first kappa shape index (κ1) is 25.8. The number of amides is 1. The van der Waals surface area contributed by atoms with E-state index in [1.807, 2.05) is 83.8 Å². The van der Waals surface area contributed by atoms with Crippen LogP contribution in [-0.4, -0.2) is 43.8 Å². The van der Waals surface area contributed by atoms with Crippen LogP contribution in [0.15, 0.2) is 103 Å². The first-order valence-electron chi connectivity index (χ1n) is 13.8. The summed E-state index contributed by atoms with van der Waals surface area (Å²) in [6.07, 6.45) is 3.96. The Morgan fingerprint density at radius 2 is 1.50 bits per heavy atom. The second kappa shape index (κ2) is 9.73. The van der Waals surface area contributed by atoms with E-state index in [2.05, 4.69) is 5.32 Å². The minimum atomic E-state index is -1.38. The number of ketones is 2.